The van der Waals surface area contributed by atoms with Crippen molar-refractivity contribution < 1.29 is 14.7 Å². The minimum atomic E-state index is -1.14. The topological polar surface area (TPSA) is 66.4 Å². The molecule has 0 radical (unpaired) electrons. The summed E-state index contributed by atoms with van der Waals surface area (Å²) in [6.45, 7) is 5.59. The summed E-state index contributed by atoms with van der Waals surface area (Å²) in [6, 6.07) is 14.9. The van der Waals surface area contributed by atoms with Crippen LogP contribution in [0.3, 0.4) is 0 Å². The van der Waals surface area contributed by atoms with E-state index in [2.05, 4.69) is 5.32 Å². The molecule has 0 bridgehead atoms. The Balaban J connectivity index is 1.86. The van der Waals surface area contributed by atoms with E-state index in [0.29, 0.717) is 5.56 Å². The number of carbonyl (C=O) groups is 2. The molecule has 0 saturated heterocycles. The van der Waals surface area contributed by atoms with Gasteiger partial charge < -0.3 is 10.4 Å². The van der Waals surface area contributed by atoms with E-state index in [9.17, 15) is 14.7 Å². The van der Waals surface area contributed by atoms with Crippen molar-refractivity contribution in [3.8, 4) is 0 Å². The third-order valence-corrected chi connectivity index (χ3v) is 4.30. The minimum Gasteiger partial charge on any atom is -0.384 e. The van der Waals surface area contributed by atoms with Crippen molar-refractivity contribution in [1.82, 2.24) is 5.32 Å². The maximum absolute atomic E-state index is 12.3. The molecular weight excluding hydrogens is 314 g/mol. The van der Waals surface area contributed by atoms with Crippen LogP contribution in [0.15, 0.2) is 48.5 Å². The molecule has 0 heterocycles. The van der Waals surface area contributed by atoms with E-state index < -0.39 is 5.60 Å². The molecule has 2 N–H and O–H groups in total. The number of Topliss-reactive ketones (excluding diaryl/α,β-unsaturated/α-hetero) is 1. The Morgan fingerprint density at radius 1 is 1.04 bits per heavy atom. The summed E-state index contributed by atoms with van der Waals surface area (Å²) in [5.74, 6) is -0.277. The van der Waals surface area contributed by atoms with E-state index in [0.717, 1.165) is 16.7 Å². The van der Waals surface area contributed by atoms with Crippen LogP contribution in [0.1, 0.15) is 46.8 Å². The van der Waals surface area contributed by atoms with Crippen LogP contribution in [-0.2, 0) is 10.4 Å². The number of aliphatic hydroxyl groups is 1. The summed E-state index contributed by atoms with van der Waals surface area (Å²) < 4.78 is 0. The number of benzene rings is 2. The summed E-state index contributed by atoms with van der Waals surface area (Å²) in [5.41, 5.74) is 2.21. The molecule has 0 saturated carbocycles. The third-order valence-electron chi connectivity index (χ3n) is 4.30. The van der Waals surface area contributed by atoms with Gasteiger partial charge in [-0.15, -0.1) is 0 Å². The zero-order valence-electron chi connectivity index (χ0n) is 15.0. The van der Waals surface area contributed by atoms with Crippen molar-refractivity contribution in [2.75, 3.05) is 6.54 Å². The number of nitrogens with one attached hydrogen (secondary N) is 1. The predicted molar refractivity (Wildman–Crippen MR) is 98.5 cm³/mol. The first kappa shape index (κ1) is 18.9. The Morgan fingerprint density at radius 3 is 2.40 bits per heavy atom. The molecule has 1 unspecified atom stereocenters. The third kappa shape index (κ3) is 5.26. The molecule has 2 aromatic carbocycles. The Morgan fingerprint density at radius 2 is 1.72 bits per heavy atom. The number of aryl methyl sites for hydroxylation is 2. The largest absolute Gasteiger partial charge is 0.384 e. The number of carbonyl (C=O) groups excluding carboxylic acids is 2. The number of rotatable bonds is 7. The molecule has 0 aliphatic rings. The Labute approximate surface area is 148 Å². The van der Waals surface area contributed by atoms with E-state index in [1.54, 1.807) is 6.92 Å². The van der Waals surface area contributed by atoms with Crippen molar-refractivity contribution in [2.24, 2.45) is 0 Å². The van der Waals surface area contributed by atoms with Crippen LogP contribution in [-0.4, -0.2) is 23.3 Å². The molecule has 25 heavy (non-hydrogen) atoms. The Bertz CT molecular complexity index is 751. The van der Waals surface area contributed by atoms with Crippen molar-refractivity contribution in [3.63, 3.8) is 0 Å². The van der Waals surface area contributed by atoms with Crippen LogP contribution in [0.2, 0.25) is 0 Å². The van der Waals surface area contributed by atoms with E-state index in [1.165, 1.54) is 0 Å². The van der Waals surface area contributed by atoms with Crippen molar-refractivity contribution in [2.45, 2.75) is 39.2 Å². The van der Waals surface area contributed by atoms with Gasteiger partial charge in [0, 0.05) is 18.4 Å². The second-order valence-electron chi connectivity index (χ2n) is 6.66. The first-order chi connectivity index (χ1) is 11.8. The summed E-state index contributed by atoms with van der Waals surface area (Å²) in [7, 11) is 0. The minimum absolute atomic E-state index is 0.0360. The molecule has 4 heteroatoms. The van der Waals surface area contributed by atoms with Gasteiger partial charge in [0.2, 0.25) is 5.91 Å². The maximum Gasteiger partial charge on any atom is 0.220 e. The molecule has 0 aliphatic heterocycles. The molecule has 0 fully saturated rings. The highest BCUT2D eigenvalue weighted by Gasteiger charge is 2.23. The standard InChI is InChI=1S/C21H25NO3/c1-15-9-10-16(2)18(13-15)19(23)11-12-20(24)22-14-21(3,25)17-7-5-4-6-8-17/h4-10,13,25H,11-12,14H2,1-3H3,(H,22,24). The van der Waals surface area contributed by atoms with Gasteiger partial charge in [0.15, 0.2) is 5.78 Å². The van der Waals surface area contributed by atoms with Gasteiger partial charge in [-0.1, -0.05) is 48.0 Å². The lowest BCUT2D eigenvalue weighted by Gasteiger charge is -2.24. The fourth-order valence-electron chi connectivity index (χ4n) is 2.66. The fraction of sp³-hybridized carbons (Fsp3) is 0.333. The molecule has 4 nitrogen and oxygen atoms in total. The molecule has 0 aromatic heterocycles. The molecule has 1 atom stereocenters. The summed E-state index contributed by atoms with van der Waals surface area (Å²) in [4.78, 5) is 24.3. The Kier molecular flexibility index (Phi) is 6.10. The SMILES string of the molecule is Cc1ccc(C)c(C(=O)CCC(=O)NCC(C)(O)c2ccccc2)c1. The predicted octanol–water partition coefficient (Wildman–Crippen LogP) is 3.29. The lowest BCUT2D eigenvalue weighted by Crippen LogP contribution is -2.38. The normalized spacial score (nSPS) is 13.1. The quantitative estimate of drug-likeness (QED) is 0.761. The molecular formula is C21H25NO3. The average molecular weight is 339 g/mol. The zero-order chi connectivity index (χ0) is 18.4. The van der Waals surface area contributed by atoms with Crippen LogP contribution < -0.4 is 5.32 Å². The van der Waals surface area contributed by atoms with Gasteiger partial charge in [-0.2, -0.15) is 0 Å². The smallest absolute Gasteiger partial charge is 0.220 e. The zero-order valence-corrected chi connectivity index (χ0v) is 15.0. The average Bonchev–Trinajstić information content (AvgIpc) is 2.60. The molecule has 0 spiro atoms. The van der Waals surface area contributed by atoms with Crippen LogP contribution in [0.5, 0.6) is 0 Å². The van der Waals surface area contributed by atoms with Gasteiger partial charge in [0.25, 0.3) is 0 Å². The van der Waals surface area contributed by atoms with Gasteiger partial charge in [0.1, 0.15) is 5.60 Å². The van der Waals surface area contributed by atoms with E-state index >= 15 is 0 Å². The van der Waals surface area contributed by atoms with Gasteiger partial charge in [-0.25, -0.2) is 0 Å². The van der Waals surface area contributed by atoms with Crippen LogP contribution in [0.4, 0.5) is 0 Å². The number of amides is 1. The highest BCUT2D eigenvalue weighted by molar-refractivity contribution is 5.99. The molecule has 1 amide bonds. The number of hydrogen-bond donors (Lipinski definition) is 2. The summed E-state index contributed by atoms with van der Waals surface area (Å²) >= 11 is 0. The molecule has 2 rings (SSSR count). The van der Waals surface area contributed by atoms with Crippen molar-refractivity contribution in [3.05, 3.63) is 70.8 Å². The molecule has 0 aliphatic carbocycles. The van der Waals surface area contributed by atoms with E-state index in [4.69, 9.17) is 0 Å². The first-order valence-electron chi connectivity index (χ1n) is 8.44. The highest BCUT2D eigenvalue weighted by atomic mass is 16.3. The van der Waals surface area contributed by atoms with Crippen LogP contribution in [0.25, 0.3) is 0 Å². The lowest BCUT2D eigenvalue weighted by molar-refractivity contribution is -0.122. The van der Waals surface area contributed by atoms with Gasteiger partial charge in [-0.05, 0) is 38.0 Å². The number of hydrogen-bond acceptors (Lipinski definition) is 3. The van der Waals surface area contributed by atoms with Crippen molar-refractivity contribution >= 4 is 11.7 Å². The number of ketones is 1. The van der Waals surface area contributed by atoms with Crippen LogP contribution in [0, 0.1) is 13.8 Å². The lowest BCUT2D eigenvalue weighted by atomic mass is 9.96. The Hall–Kier alpha value is -2.46. The van der Waals surface area contributed by atoms with Gasteiger partial charge >= 0.3 is 0 Å². The van der Waals surface area contributed by atoms with E-state index in [-0.39, 0.29) is 31.1 Å². The highest BCUT2D eigenvalue weighted by Crippen LogP contribution is 2.19. The monoisotopic (exact) mass is 339 g/mol. The summed E-state index contributed by atoms with van der Waals surface area (Å²) in [6.07, 6.45) is 0.265. The van der Waals surface area contributed by atoms with Crippen LogP contribution >= 0.6 is 0 Å². The summed E-state index contributed by atoms with van der Waals surface area (Å²) in [5, 5.41) is 13.2. The molecule has 2 aromatic rings. The molecule has 132 valence electrons. The van der Waals surface area contributed by atoms with E-state index in [1.807, 2.05) is 62.4 Å². The van der Waals surface area contributed by atoms with Gasteiger partial charge in [-0.3, -0.25) is 9.59 Å². The second kappa shape index (κ2) is 8.08. The maximum atomic E-state index is 12.3. The first-order valence-corrected chi connectivity index (χ1v) is 8.44. The second-order valence-corrected chi connectivity index (χ2v) is 6.66. The van der Waals surface area contributed by atoms with Gasteiger partial charge in [0.05, 0.1) is 6.54 Å². The van der Waals surface area contributed by atoms with Crippen molar-refractivity contribution in [1.29, 1.82) is 0 Å². The fourth-order valence-corrected chi connectivity index (χ4v) is 2.66.